The lowest BCUT2D eigenvalue weighted by molar-refractivity contribution is -0.146. The van der Waals surface area contributed by atoms with Crippen LogP contribution in [-0.4, -0.2) is 61.1 Å². The molecular weight excluding hydrogens is 492 g/mol. The van der Waals surface area contributed by atoms with E-state index in [1.807, 2.05) is 0 Å². The Bertz CT molecular complexity index is 282. The third-order valence-corrected chi connectivity index (χ3v) is 3.58. The van der Waals surface area contributed by atoms with Crippen molar-refractivity contribution in [2.45, 2.75) is 43.8 Å². The Balaban J connectivity index is -0.000000118. The number of aliphatic hydroxyl groups is 3. The van der Waals surface area contributed by atoms with E-state index in [-0.39, 0.29) is 44.5 Å². The Labute approximate surface area is 158 Å². The first kappa shape index (κ1) is 30.4. The van der Waals surface area contributed by atoms with Gasteiger partial charge in [0.15, 0.2) is 0 Å². The van der Waals surface area contributed by atoms with Crippen LogP contribution in [0.2, 0.25) is 0 Å². The largest absolute Gasteiger partial charge is 0.462 e. The number of aliphatic hydroxyl groups excluding tert-OH is 3. The van der Waals surface area contributed by atoms with Crippen LogP contribution < -0.4 is 0 Å². The van der Waals surface area contributed by atoms with E-state index in [0.29, 0.717) is 0 Å². The van der Waals surface area contributed by atoms with Gasteiger partial charge in [-0.3, -0.25) is 9.59 Å². The molecule has 0 amide bonds. The zero-order chi connectivity index (χ0) is 17.7. The summed E-state index contributed by atoms with van der Waals surface area (Å²) < 4.78 is 3.53. The molecule has 0 saturated carbocycles. The Hall–Kier alpha value is 0.460. The van der Waals surface area contributed by atoms with Crippen LogP contribution in [0.5, 0.6) is 0 Å². The maximum atomic E-state index is 10.8. The maximum absolute atomic E-state index is 10.8. The summed E-state index contributed by atoms with van der Waals surface area (Å²) in [7, 11) is 0. The topological polar surface area (TPSA) is 104 Å². The second-order valence-electron chi connectivity index (χ2n) is 4.53. The fraction of sp³-hybridized carbons (Fsp3) is 0.846. The summed E-state index contributed by atoms with van der Waals surface area (Å²) in [5.74, 6) is -0.360. The number of hydrogen-bond donors (Lipinski definition) is 3. The minimum atomic E-state index is -0.651. The Morgan fingerprint density at radius 2 is 1.23 bits per heavy atom. The summed E-state index contributed by atoms with van der Waals surface area (Å²) in [6.45, 7) is 6.62. The molecule has 0 fully saturated rings. The molecule has 0 unspecified atom stereocenters. The molecule has 0 aliphatic heterocycles. The number of halogens is 3. The van der Waals surface area contributed by atoms with Crippen LogP contribution in [0.4, 0.5) is 0 Å². The molecule has 0 heterocycles. The van der Waals surface area contributed by atoms with Crippen LogP contribution in [0.15, 0.2) is 0 Å². The highest BCUT2D eigenvalue weighted by atomic mass is 79.9. The van der Waals surface area contributed by atoms with Crippen molar-refractivity contribution in [2.75, 3.05) is 26.4 Å². The molecule has 0 aromatic rings. The van der Waals surface area contributed by atoms with Crippen LogP contribution in [0.1, 0.15) is 35.1 Å². The number of carbonyl (C=O) groups excluding carboxylic acids is 2. The average Bonchev–Trinajstić information content (AvgIpc) is 2.34. The van der Waals surface area contributed by atoms with Gasteiger partial charge >= 0.3 is 5.97 Å². The van der Waals surface area contributed by atoms with Crippen molar-refractivity contribution >= 4 is 58.5 Å². The van der Waals surface area contributed by atoms with Crippen LogP contribution in [-0.2, 0) is 14.3 Å². The van der Waals surface area contributed by atoms with Gasteiger partial charge in [-0.25, -0.2) is 0 Å². The van der Waals surface area contributed by atoms with Gasteiger partial charge in [0.05, 0.1) is 24.1 Å². The summed E-state index contributed by atoms with van der Waals surface area (Å²) in [5.41, 5.74) is 0. The Morgan fingerprint density at radius 3 is 1.36 bits per heavy atom. The van der Waals surface area contributed by atoms with Crippen LogP contribution in [0, 0.1) is 0 Å². The molecule has 6 nitrogen and oxygen atoms in total. The lowest BCUT2D eigenvalue weighted by atomic mass is 10.2. The van der Waals surface area contributed by atoms with E-state index < -0.39 is 8.65 Å². The smallest absolute Gasteiger partial charge is 0.322 e. The van der Waals surface area contributed by atoms with Crippen molar-refractivity contribution in [3.8, 4) is 0 Å². The third-order valence-electron chi connectivity index (χ3n) is 1.38. The molecule has 0 radical (unpaired) electrons. The number of ether oxygens (including phenoxy) is 1. The van der Waals surface area contributed by atoms with E-state index in [2.05, 4.69) is 52.5 Å². The van der Waals surface area contributed by atoms with Crippen LogP contribution >= 0.6 is 47.8 Å². The summed E-state index contributed by atoms with van der Waals surface area (Å²) in [4.78, 5) is 21.2. The first-order valence-electron chi connectivity index (χ1n) is 5.92. The van der Waals surface area contributed by atoms with E-state index in [4.69, 9.17) is 15.3 Å². The van der Waals surface area contributed by atoms with Crippen molar-refractivity contribution in [3.05, 3.63) is 0 Å². The average molecular weight is 519 g/mol. The molecule has 136 valence electrons. The van der Waals surface area contributed by atoms with Gasteiger partial charge in [0, 0.05) is 0 Å². The number of carbonyl (C=O) groups is 2. The van der Waals surface area contributed by atoms with Crippen molar-refractivity contribution in [1.29, 1.82) is 0 Å². The van der Waals surface area contributed by atoms with E-state index in [1.165, 1.54) is 0 Å². The highest BCUT2D eigenvalue weighted by Crippen LogP contribution is 2.19. The minimum Gasteiger partial charge on any atom is -0.462 e. The maximum Gasteiger partial charge on any atom is 0.322 e. The Morgan fingerprint density at radius 1 is 0.909 bits per heavy atom. The van der Waals surface area contributed by atoms with Gasteiger partial charge in [-0.2, -0.15) is 0 Å². The second kappa shape index (κ2) is 16.3. The lowest BCUT2D eigenvalue weighted by Gasteiger charge is -2.13. The minimum absolute atomic E-state index is 0. The molecule has 0 aliphatic rings. The van der Waals surface area contributed by atoms with Crippen LogP contribution in [0.25, 0.3) is 0 Å². The SMILES string of the molecule is C.CC(C)(Br)C(=O)Br.CC(C)(Br)C(=O)OCCO.OCCO. The zero-order valence-corrected chi connectivity index (χ0v) is 17.3. The van der Waals surface area contributed by atoms with Crippen molar-refractivity contribution in [2.24, 2.45) is 0 Å². The van der Waals surface area contributed by atoms with Crippen LogP contribution in [0.3, 0.4) is 0 Å². The van der Waals surface area contributed by atoms with Gasteiger partial charge in [-0.1, -0.05) is 39.3 Å². The van der Waals surface area contributed by atoms with E-state index in [0.717, 1.165) is 0 Å². The number of alkyl halides is 2. The summed E-state index contributed by atoms with van der Waals surface area (Å²) in [5, 5.41) is 23.5. The molecule has 0 saturated heterocycles. The molecule has 9 heteroatoms. The molecule has 3 N–H and O–H groups in total. The third kappa shape index (κ3) is 25.4. The van der Waals surface area contributed by atoms with Gasteiger partial charge in [0.1, 0.15) is 10.9 Å². The van der Waals surface area contributed by atoms with E-state index in [9.17, 15) is 9.59 Å². The fourth-order valence-corrected chi connectivity index (χ4v) is 0.424. The number of rotatable bonds is 5. The van der Waals surface area contributed by atoms with Gasteiger partial charge < -0.3 is 20.1 Å². The van der Waals surface area contributed by atoms with Gasteiger partial charge in [-0.15, -0.1) is 0 Å². The number of esters is 1. The van der Waals surface area contributed by atoms with Crippen molar-refractivity contribution in [1.82, 2.24) is 0 Å². The number of hydrogen-bond acceptors (Lipinski definition) is 6. The normalized spacial score (nSPS) is 10.1. The molecular formula is C13H27Br3O6. The highest BCUT2D eigenvalue weighted by Gasteiger charge is 2.24. The lowest BCUT2D eigenvalue weighted by Crippen LogP contribution is -2.27. The fourth-order valence-electron chi connectivity index (χ4n) is 0.310. The second-order valence-corrected chi connectivity index (χ2v) is 9.21. The highest BCUT2D eigenvalue weighted by molar-refractivity contribution is 9.20. The van der Waals surface area contributed by atoms with Gasteiger partial charge in [0.25, 0.3) is 0 Å². The molecule has 0 bridgehead atoms. The van der Waals surface area contributed by atoms with Crippen molar-refractivity contribution in [3.63, 3.8) is 0 Å². The molecule has 0 atom stereocenters. The Kier molecular flexibility index (Phi) is 22.5. The predicted molar refractivity (Wildman–Crippen MR) is 98.9 cm³/mol. The monoisotopic (exact) mass is 516 g/mol. The van der Waals surface area contributed by atoms with Gasteiger partial charge in [0.2, 0.25) is 4.69 Å². The van der Waals surface area contributed by atoms with Gasteiger partial charge in [-0.05, 0) is 43.6 Å². The molecule has 0 aromatic heterocycles. The molecule has 0 aliphatic carbocycles. The zero-order valence-electron chi connectivity index (χ0n) is 12.5. The van der Waals surface area contributed by atoms with E-state index in [1.54, 1.807) is 27.7 Å². The van der Waals surface area contributed by atoms with E-state index >= 15 is 0 Å². The standard InChI is InChI=1S/C6H11BrO3.C4H6Br2O.C2H6O2.CH4/c1-6(2,7)5(9)10-4-3-8;1-4(2,6)3(5)7;3-1-2-4;/h8H,3-4H2,1-2H3;1-2H3;3-4H,1-2H2;1H4. The first-order valence-corrected chi connectivity index (χ1v) is 8.30. The van der Waals surface area contributed by atoms with Crippen molar-refractivity contribution < 1.29 is 29.6 Å². The molecule has 22 heavy (non-hydrogen) atoms. The quantitative estimate of drug-likeness (QED) is 0.293. The summed E-state index contributed by atoms with van der Waals surface area (Å²) in [6, 6.07) is 0. The summed E-state index contributed by atoms with van der Waals surface area (Å²) in [6.07, 6.45) is 0. The predicted octanol–water partition coefficient (Wildman–Crippen LogP) is 2.38. The molecule has 0 aromatic carbocycles. The first-order chi connectivity index (χ1) is 9.34. The molecule has 0 spiro atoms. The summed E-state index contributed by atoms with van der Waals surface area (Å²) >= 11 is 9.07. The molecule has 0 rings (SSSR count).